The molecule has 0 N–H and O–H groups in total. The fourth-order valence-corrected chi connectivity index (χ4v) is 6.02. The number of hydrogen-bond donors (Lipinski definition) is 0. The summed E-state index contributed by atoms with van der Waals surface area (Å²) in [4.78, 5) is 11.9. The molecule has 5 rings (SSSR count). The molecule has 150 valence electrons. The summed E-state index contributed by atoms with van der Waals surface area (Å²) in [5.41, 5.74) is -0.568. The van der Waals surface area contributed by atoms with E-state index in [4.69, 9.17) is 23.4 Å². The SMILES string of the molecule is C[C@H]1[C@@H](CCOS(C)(=O)=O)O[C@@H]2O[C@]3(C)CC[C@H]4[C@H](C)CC[C@@H]1[C@@]24OO3. The van der Waals surface area contributed by atoms with Crippen molar-refractivity contribution in [3.8, 4) is 0 Å². The molecule has 4 aliphatic heterocycles. The first kappa shape index (κ1) is 19.1. The average molecular weight is 390 g/mol. The Morgan fingerprint density at radius 2 is 1.88 bits per heavy atom. The van der Waals surface area contributed by atoms with E-state index in [0.29, 0.717) is 18.3 Å². The minimum atomic E-state index is -3.45. The molecule has 0 aromatic carbocycles. The summed E-state index contributed by atoms with van der Waals surface area (Å²) in [5.74, 6) is 0.548. The number of ether oxygens (including phenoxy) is 2. The van der Waals surface area contributed by atoms with Gasteiger partial charge in [-0.05, 0) is 50.4 Å². The first-order valence-electron chi connectivity index (χ1n) is 9.69. The predicted molar refractivity (Wildman–Crippen MR) is 92.2 cm³/mol. The molecule has 1 aliphatic carbocycles. The Kier molecular flexibility index (Phi) is 4.69. The number of rotatable bonds is 4. The lowest BCUT2D eigenvalue weighted by atomic mass is 9.57. The van der Waals surface area contributed by atoms with E-state index in [1.54, 1.807) is 0 Å². The minimum absolute atomic E-state index is 0.120. The van der Waals surface area contributed by atoms with Crippen molar-refractivity contribution in [1.82, 2.24) is 0 Å². The Morgan fingerprint density at radius 1 is 1.12 bits per heavy atom. The van der Waals surface area contributed by atoms with Crippen LogP contribution in [-0.4, -0.2) is 45.1 Å². The van der Waals surface area contributed by atoms with Crippen molar-refractivity contribution in [3.63, 3.8) is 0 Å². The summed E-state index contributed by atoms with van der Waals surface area (Å²) < 4.78 is 40.1. The standard InChI is InChI=1S/C18H30O7S/c1-11-5-6-14-12(2)15(8-10-21-26(4,19)20)22-16-18(14)13(11)7-9-17(3,23-16)24-25-18/h11-16H,5-10H2,1-4H3/t11-,12-,13+,14+,15-,16-,17+,18-/m1/s1. The van der Waals surface area contributed by atoms with Gasteiger partial charge in [0, 0.05) is 12.3 Å². The highest BCUT2D eigenvalue weighted by Gasteiger charge is 2.69. The van der Waals surface area contributed by atoms with Gasteiger partial charge in [-0.1, -0.05) is 13.8 Å². The predicted octanol–water partition coefficient (Wildman–Crippen LogP) is 2.60. The van der Waals surface area contributed by atoms with Gasteiger partial charge in [-0.15, -0.1) is 0 Å². The molecule has 0 amide bonds. The molecular weight excluding hydrogens is 360 g/mol. The van der Waals surface area contributed by atoms with Crippen molar-refractivity contribution >= 4 is 10.1 Å². The van der Waals surface area contributed by atoms with Crippen LogP contribution < -0.4 is 0 Å². The van der Waals surface area contributed by atoms with E-state index in [-0.39, 0.29) is 24.5 Å². The van der Waals surface area contributed by atoms with Crippen molar-refractivity contribution in [2.45, 2.75) is 76.7 Å². The van der Waals surface area contributed by atoms with Crippen LogP contribution in [0, 0.1) is 23.7 Å². The molecule has 7 nitrogen and oxygen atoms in total. The second-order valence-electron chi connectivity index (χ2n) is 8.76. The van der Waals surface area contributed by atoms with Crippen LogP contribution in [-0.2, 0) is 33.6 Å². The van der Waals surface area contributed by atoms with E-state index in [2.05, 4.69) is 13.8 Å². The van der Waals surface area contributed by atoms with Crippen LogP contribution >= 0.6 is 0 Å². The third kappa shape index (κ3) is 3.02. The maximum absolute atomic E-state index is 11.3. The topological polar surface area (TPSA) is 80.3 Å². The largest absolute Gasteiger partial charge is 0.346 e. The van der Waals surface area contributed by atoms with Crippen LogP contribution in [0.1, 0.15) is 52.9 Å². The smallest absolute Gasteiger partial charge is 0.264 e. The Morgan fingerprint density at radius 3 is 2.62 bits per heavy atom. The van der Waals surface area contributed by atoms with Crippen LogP contribution in [0.3, 0.4) is 0 Å². The van der Waals surface area contributed by atoms with E-state index >= 15 is 0 Å². The Hall–Kier alpha value is -0.250. The van der Waals surface area contributed by atoms with E-state index in [1.807, 2.05) is 6.92 Å². The van der Waals surface area contributed by atoms with Crippen molar-refractivity contribution in [2.24, 2.45) is 23.7 Å². The number of hydrogen-bond acceptors (Lipinski definition) is 7. The van der Waals surface area contributed by atoms with Crippen molar-refractivity contribution in [2.75, 3.05) is 12.9 Å². The van der Waals surface area contributed by atoms with E-state index in [9.17, 15) is 8.42 Å². The molecule has 4 saturated heterocycles. The lowest BCUT2D eigenvalue weighted by Gasteiger charge is -2.60. The zero-order valence-corrected chi connectivity index (χ0v) is 16.8. The number of fused-ring (bicyclic) bond motifs is 2. The van der Waals surface area contributed by atoms with Crippen LogP contribution in [0.15, 0.2) is 0 Å². The summed E-state index contributed by atoms with van der Waals surface area (Å²) >= 11 is 0. The Labute approximate surface area is 155 Å². The third-order valence-electron chi connectivity index (χ3n) is 6.99. The first-order chi connectivity index (χ1) is 12.1. The van der Waals surface area contributed by atoms with Crippen LogP contribution in [0.25, 0.3) is 0 Å². The highest BCUT2D eigenvalue weighted by atomic mass is 32.2. The molecule has 8 heteroatoms. The van der Waals surface area contributed by atoms with Gasteiger partial charge in [0.1, 0.15) is 0 Å². The molecule has 2 bridgehead atoms. The van der Waals surface area contributed by atoms with E-state index in [0.717, 1.165) is 31.9 Å². The molecule has 0 radical (unpaired) electrons. The lowest BCUT2D eigenvalue weighted by molar-refractivity contribution is -0.571. The van der Waals surface area contributed by atoms with Gasteiger partial charge in [0.2, 0.25) is 5.79 Å². The molecule has 0 aromatic rings. The van der Waals surface area contributed by atoms with Crippen LogP contribution in [0.5, 0.6) is 0 Å². The van der Waals surface area contributed by atoms with Crippen LogP contribution in [0.2, 0.25) is 0 Å². The Balaban J connectivity index is 1.60. The molecule has 0 unspecified atom stereocenters. The fraction of sp³-hybridized carbons (Fsp3) is 1.00. The van der Waals surface area contributed by atoms with Gasteiger partial charge in [-0.2, -0.15) is 8.42 Å². The van der Waals surface area contributed by atoms with Gasteiger partial charge in [-0.25, -0.2) is 9.78 Å². The summed E-state index contributed by atoms with van der Waals surface area (Å²) in [7, 11) is -3.45. The monoisotopic (exact) mass is 390 g/mol. The normalized spacial score (nSPS) is 50.9. The zero-order chi connectivity index (χ0) is 18.7. The van der Waals surface area contributed by atoms with E-state index in [1.165, 1.54) is 0 Å². The van der Waals surface area contributed by atoms with Crippen molar-refractivity contribution in [1.29, 1.82) is 0 Å². The molecule has 0 aromatic heterocycles. The first-order valence-corrected chi connectivity index (χ1v) is 11.5. The second kappa shape index (κ2) is 6.39. The minimum Gasteiger partial charge on any atom is -0.346 e. The molecule has 4 heterocycles. The van der Waals surface area contributed by atoms with Crippen molar-refractivity contribution < 1.29 is 31.8 Å². The highest BCUT2D eigenvalue weighted by Crippen LogP contribution is 2.60. The van der Waals surface area contributed by atoms with Gasteiger partial charge in [0.25, 0.3) is 10.1 Å². The summed E-state index contributed by atoms with van der Waals surface area (Å²) in [6, 6.07) is 0. The summed E-state index contributed by atoms with van der Waals surface area (Å²) in [6.45, 7) is 6.47. The molecule has 1 saturated carbocycles. The molecule has 26 heavy (non-hydrogen) atoms. The summed E-state index contributed by atoms with van der Waals surface area (Å²) in [6.07, 6.45) is 4.94. The quantitative estimate of drug-likeness (QED) is 0.539. The zero-order valence-electron chi connectivity index (χ0n) is 16.0. The van der Waals surface area contributed by atoms with Crippen molar-refractivity contribution in [3.05, 3.63) is 0 Å². The maximum atomic E-state index is 11.3. The summed E-state index contributed by atoms with van der Waals surface area (Å²) in [5, 5.41) is 0. The highest BCUT2D eigenvalue weighted by molar-refractivity contribution is 7.85. The van der Waals surface area contributed by atoms with Gasteiger partial charge >= 0.3 is 0 Å². The molecular formula is C18H30O7S. The molecule has 8 atom stereocenters. The second-order valence-corrected chi connectivity index (χ2v) is 10.4. The van der Waals surface area contributed by atoms with Crippen LogP contribution in [0.4, 0.5) is 0 Å². The van der Waals surface area contributed by atoms with Gasteiger partial charge in [-0.3, -0.25) is 4.18 Å². The van der Waals surface area contributed by atoms with Gasteiger partial charge in [0.05, 0.1) is 19.0 Å². The lowest BCUT2D eigenvalue weighted by Crippen LogP contribution is -2.70. The maximum Gasteiger partial charge on any atom is 0.264 e. The van der Waals surface area contributed by atoms with Gasteiger partial charge in [0.15, 0.2) is 11.9 Å². The fourth-order valence-electron chi connectivity index (χ4n) is 5.62. The molecule has 5 aliphatic rings. The third-order valence-corrected chi connectivity index (χ3v) is 7.59. The van der Waals surface area contributed by atoms with Gasteiger partial charge < -0.3 is 9.47 Å². The van der Waals surface area contributed by atoms with E-state index < -0.39 is 27.8 Å². The Bertz CT molecular complexity index is 652. The molecule has 1 spiro atoms. The average Bonchev–Trinajstić information content (AvgIpc) is 2.77. The molecule has 5 fully saturated rings.